The molecule has 7 heteroatoms. The standard InChI is InChI=1S/C26H32N4O2S/c1-2-20-13-15-23(16-14-20)32-18-24-28-29-26(30(24)17-21-9-5-3-6-10-21)33-19-25(31)27-22-11-7-4-8-12-22/h3,5-6,9-10,13-16,22H,2,4,7-8,11-12,17-19H2,1H3,(H,27,31). The van der Waals surface area contributed by atoms with Gasteiger partial charge in [-0.15, -0.1) is 10.2 Å². The number of benzene rings is 2. The molecule has 33 heavy (non-hydrogen) atoms. The minimum absolute atomic E-state index is 0.0648. The van der Waals surface area contributed by atoms with Gasteiger partial charge in [0, 0.05) is 6.04 Å². The number of aryl methyl sites for hydroxylation is 1. The molecule has 6 nitrogen and oxygen atoms in total. The van der Waals surface area contributed by atoms with Crippen molar-refractivity contribution in [2.24, 2.45) is 0 Å². The van der Waals surface area contributed by atoms with Crippen LogP contribution in [0.25, 0.3) is 0 Å². The summed E-state index contributed by atoms with van der Waals surface area (Å²) in [5.41, 5.74) is 2.43. The molecule has 174 valence electrons. The van der Waals surface area contributed by atoms with Gasteiger partial charge >= 0.3 is 0 Å². The first-order valence-electron chi connectivity index (χ1n) is 11.8. The third kappa shape index (κ3) is 6.84. The van der Waals surface area contributed by atoms with Gasteiger partial charge in [-0.2, -0.15) is 0 Å². The number of aromatic nitrogens is 3. The summed E-state index contributed by atoms with van der Waals surface area (Å²) in [5, 5.41) is 12.7. The smallest absolute Gasteiger partial charge is 0.230 e. The summed E-state index contributed by atoms with van der Waals surface area (Å²) >= 11 is 1.43. The van der Waals surface area contributed by atoms with Crippen molar-refractivity contribution in [3.63, 3.8) is 0 Å². The second kappa shape index (κ2) is 11.9. The Bertz CT molecular complexity index is 1010. The van der Waals surface area contributed by atoms with Gasteiger partial charge in [-0.1, -0.05) is 80.4 Å². The molecule has 1 heterocycles. The summed E-state index contributed by atoms with van der Waals surface area (Å²) in [6, 6.07) is 18.7. The molecule has 0 bridgehead atoms. The molecule has 1 aliphatic carbocycles. The van der Waals surface area contributed by atoms with E-state index in [2.05, 4.69) is 46.7 Å². The van der Waals surface area contributed by atoms with Crippen LogP contribution in [-0.4, -0.2) is 32.5 Å². The SMILES string of the molecule is CCc1ccc(OCc2nnc(SCC(=O)NC3CCCCC3)n2Cc2ccccc2)cc1. The first-order chi connectivity index (χ1) is 16.2. The second-order valence-corrected chi connectivity index (χ2v) is 9.39. The monoisotopic (exact) mass is 464 g/mol. The van der Waals surface area contributed by atoms with Crippen molar-refractivity contribution in [3.05, 3.63) is 71.5 Å². The van der Waals surface area contributed by atoms with Crippen molar-refractivity contribution in [2.75, 3.05) is 5.75 Å². The van der Waals surface area contributed by atoms with E-state index in [9.17, 15) is 4.79 Å². The fourth-order valence-corrected chi connectivity index (χ4v) is 4.84. The maximum atomic E-state index is 12.5. The summed E-state index contributed by atoms with van der Waals surface area (Å²) in [4.78, 5) is 12.5. The van der Waals surface area contributed by atoms with E-state index in [0.717, 1.165) is 41.6 Å². The van der Waals surface area contributed by atoms with E-state index in [1.807, 2.05) is 34.9 Å². The maximum Gasteiger partial charge on any atom is 0.230 e. The summed E-state index contributed by atoms with van der Waals surface area (Å²) in [5.74, 6) is 1.95. The minimum atomic E-state index is 0.0648. The molecule has 1 amide bonds. The molecule has 1 aromatic heterocycles. The average Bonchev–Trinajstić information content (AvgIpc) is 3.24. The molecule has 3 aromatic rings. The molecule has 0 unspecified atom stereocenters. The van der Waals surface area contributed by atoms with Gasteiger partial charge in [0.2, 0.25) is 5.91 Å². The van der Waals surface area contributed by atoms with E-state index in [1.54, 1.807) is 0 Å². The summed E-state index contributed by atoms with van der Waals surface area (Å²) in [6.07, 6.45) is 6.85. The van der Waals surface area contributed by atoms with Crippen LogP contribution < -0.4 is 10.1 Å². The largest absolute Gasteiger partial charge is 0.486 e. The summed E-state index contributed by atoms with van der Waals surface area (Å²) < 4.78 is 8.05. The number of ether oxygens (including phenoxy) is 1. The fourth-order valence-electron chi connectivity index (χ4n) is 4.07. The molecule has 1 N–H and O–H groups in total. The maximum absolute atomic E-state index is 12.5. The van der Waals surface area contributed by atoms with E-state index in [0.29, 0.717) is 24.9 Å². The van der Waals surface area contributed by atoms with Gasteiger partial charge in [-0.25, -0.2) is 0 Å². The van der Waals surface area contributed by atoms with Crippen molar-refractivity contribution in [1.29, 1.82) is 0 Å². The van der Waals surface area contributed by atoms with Crippen LogP contribution in [0.2, 0.25) is 0 Å². The van der Waals surface area contributed by atoms with Gasteiger partial charge in [0.1, 0.15) is 12.4 Å². The zero-order valence-electron chi connectivity index (χ0n) is 19.2. The molecule has 0 atom stereocenters. The fraction of sp³-hybridized carbons (Fsp3) is 0.423. The van der Waals surface area contributed by atoms with Crippen LogP contribution in [0.4, 0.5) is 0 Å². The highest BCUT2D eigenvalue weighted by atomic mass is 32.2. The van der Waals surface area contributed by atoms with Gasteiger partial charge in [0.25, 0.3) is 0 Å². The second-order valence-electron chi connectivity index (χ2n) is 8.45. The van der Waals surface area contributed by atoms with Crippen LogP contribution in [-0.2, 0) is 24.4 Å². The third-order valence-corrected chi connectivity index (χ3v) is 6.95. The van der Waals surface area contributed by atoms with E-state index >= 15 is 0 Å². The zero-order valence-corrected chi connectivity index (χ0v) is 20.0. The molecule has 4 rings (SSSR count). The highest BCUT2D eigenvalue weighted by Crippen LogP contribution is 2.22. The average molecular weight is 465 g/mol. The lowest BCUT2D eigenvalue weighted by atomic mass is 9.95. The Morgan fingerprint density at radius 1 is 1.03 bits per heavy atom. The molecule has 0 saturated heterocycles. The molecule has 0 spiro atoms. The van der Waals surface area contributed by atoms with Gasteiger partial charge in [0.15, 0.2) is 11.0 Å². The minimum Gasteiger partial charge on any atom is -0.486 e. The molecule has 1 saturated carbocycles. The Morgan fingerprint density at radius 3 is 2.52 bits per heavy atom. The number of thioether (sulfide) groups is 1. The Morgan fingerprint density at radius 2 is 1.79 bits per heavy atom. The number of hydrogen-bond acceptors (Lipinski definition) is 5. The lowest BCUT2D eigenvalue weighted by Crippen LogP contribution is -2.37. The lowest BCUT2D eigenvalue weighted by Gasteiger charge is -2.22. The van der Waals surface area contributed by atoms with Crippen LogP contribution >= 0.6 is 11.8 Å². The molecule has 0 radical (unpaired) electrons. The number of amides is 1. The number of hydrogen-bond donors (Lipinski definition) is 1. The van der Waals surface area contributed by atoms with Gasteiger partial charge in [-0.3, -0.25) is 9.36 Å². The molecular weight excluding hydrogens is 432 g/mol. The van der Waals surface area contributed by atoms with E-state index in [1.165, 1.54) is 36.6 Å². The highest BCUT2D eigenvalue weighted by molar-refractivity contribution is 7.99. The van der Waals surface area contributed by atoms with Crippen molar-refractivity contribution in [3.8, 4) is 5.75 Å². The van der Waals surface area contributed by atoms with E-state index < -0.39 is 0 Å². The normalized spacial score (nSPS) is 14.2. The Hall–Kier alpha value is -2.80. The Balaban J connectivity index is 1.42. The van der Waals surface area contributed by atoms with Gasteiger partial charge in [0.05, 0.1) is 12.3 Å². The number of nitrogens with one attached hydrogen (secondary N) is 1. The first kappa shape index (κ1) is 23.4. The van der Waals surface area contributed by atoms with Crippen molar-refractivity contribution >= 4 is 17.7 Å². The quantitative estimate of drug-likeness (QED) is 0.427. The lowest BCUT2D eigenvalue weighted by molar-refractivity contribution is -0.119. The number of rotatable bonds is 10. The van der Waals surface area contributed by atoms with Crippen molar-refractivity contribution in [2.45, 2.75) is 69.8 Å². The third-order valence-electron chi connectivity index (χ3n) is 5.98. The molecule has 1 aliphatic rings. The number of nitrogens with zero attached hydrogens (tertiary/aromatic N) is 3. The van der Waals surface area contributed by atoms with Gasteiger partial charge < -0.3 is 10.1 Å². The number of carbonyl (C=O) groups is 1. The topological polar surface area (TPSA) is 69.0 Å². The van der Waals surface area contributed by atoms with Crippen LogP contribution in [0.3, 0.4) is 0 Å². The van der Waals surface area contributed by atoms with Crippen molar-refractivity contribution < 1.29 is 9.53 Å². The Labute approximate surface area is 200 Å². The molecule has 0 aliphatic heterocycles. The van der Waals surface area contributed by atoms with Crippen LogP contribution in [0, 0.1) is 0 Å². The predicted octanol–water partition coefficient (Wildman–Crippen LogP) is 5.01. The molecule has 2 aromatic carbocycles. The van der Waals surface area contributed by atoms with E-state index in [4.69, 9.17) is 4.74 Å². The Kier molecular flexibility index (Phi) is 8.41. The highest BCUT2D eigenvalue weighted by Gasteiger charge is 2.18. The first-order valence-corrected chi connectivity index (χ1v) is 12.8. The predicted molar refractivity (Wildman–Crippen MR) is 131 cm³/mol. The molecular formula is C26H32N4O2S. The number of carbonyl (C=O) groups excluding carboxylic acids is 1. The summed E-state index contributed by atoms with van der Waals surface area (Å²) in [6.45, 7) is 3.09. The van der Waals surface area contributed by atoms with Crippen LogP contribution in [0.5, 0.6) is 5.75 Å². The van der Waals surface area contributed by atoms with E-state index in [-0.39, 0.29) is 5.91 Å². The zero-order chi connectivity index (χ0) is 22.9. The van der Waals surface area contributed by atoms with Crippen LogP contribution in [0.1, 0.15) is 56.0 Å². The summed E-state index contributed by atoms with van der Waals surface area (Å²) in [7, 11) is 0. The van der Waals surface area contributed by atoms with Crippen LogP contribution in [0.15, 0.2) is 59.8 Å². The van der Waals surface area contributed by atoms with Gasteiger partial charge in [-0.05, 0) is 42.5 Å². The molecule has 1 fully saturated rings. The van der Waals surface area contributed by atoms with Crippen molar-refractivity contribution in [1.82, 2.24) is 20.1 Å².